The minimum atomic E-state index is 0.453. The first-order valence-corrected chi connectivity index (χ1v) is 5.25. The molecule has 2 rings (SSSR count). The highest BCUT2D eigenvalue weighted by atomic mass is 16.3. The first kappa shape index (κ1) is 9.53. The Bertz CT molecular complexity index is 335. The van der Waals surface area contributed by atoms with E-state index in [-0.39, 0.29) is 0 Å². The number of phenols is 1. The van der Waals surface area contributed by atoms with E-state index in [9.17, 15) is 5.11 Å². The monoisotopic (exact) mass is 191 g/mol. The quantitative estimate of drug-likeness (QED) is 0.751. The van der Waals surface area contributed by atoms with Gasteiger partial charge in [-0.15, -0.1) is 0 Å². The fourth-order valence-corrected chi connectivity index (χ4v) is 2.42. The molecule has 76 valence electrons. The number of hydrogen-bond acceptors (Lipinski definition) is 2. The van der Waals surface area contributed by atoms with Crippen LogP contribution in [0.25, 0.3) is 0 Å². The molecule has 0 aromatic heterocycles. The van der Waals surface area contributed by atoms with E-state index >= 15 is 0 Å². The van der Waals surface area contributed by atoms with Crippen molar-refractivity contribution in [1.29, 1.82) is 0 Å². The van der Waals surface area contributed by atoms with E-state index in [0.717, 1.165) is 24.9 Å². The maximum atomic E-state index is 9.67. The third kappa shape index (κ3) is 1.40. The molecule has 0 saturated carbocycles. The Kier molecular flexibility index (Phi) is 2.46. The van der Waals surface area contributed by atoms with Gasteiger partial charge in [-0.25, -0.2) is 0 Å². The summed E-state index contributed by atoms with van der Waals surface area (Å²) in [5.74, 6) is 1.51. The highest BCUT2D eigenvalue weighted by Gasteiger charge is 2.27. The molecule has 0 bridgehead atoms. The number of rotatable bonds is 2. The van der Waals surface area contributed by atoms with E-state index in [1.54, 1.807) is 6.07 Å². The molecule has 1 aromatic rings. The topological polar surface area (TPSA) is 46.2 Å². The Balaban J connectivity index is 2.35. The molecule has 3 N–H and O–H groups in total. The van der Waals surface area contributed by atoms with Crippen LogP contribution in [0.3, 0.4) is 0 Å². The number of aromatic hydroxyl groups is 1. The number of nitrogens with two attached hydrogens (primary N) is 1. The lowest BCUT2D eigenvalue weighted by atomic mass is 9.89. The summed E-state index contributed by atoms with van der Waals surface area (Å²) in [6.07, 6.45) is 2.13. The Hall–Kier alpha value is -1.02. The van der Waals surface area contributed by atoms with E-state index in [2.05, 4.69) is 13.0 Å². The smallest absolute Gasteiger partial charge is 0.119 e. The number of benzene rings is 1. The van der Waals surface area contributed by atoms with Gasteiger partial charge in [0.15, 0.2) is 0 Å². The van der Waals surface area contributed by atoms with Crippen molar-refractivity contribution in [2.75, 3.05) is 6.54 Å². The van der Waals surface area contributed by atoms with Gasteiger partial charge in [0.2, 0.25) is 0 Å². The van der Waals surface area contributed by atoms with Crippen LogP contribution in [0, 0.1) is 5.92 Å². The predicted octanol–water partition coefficient (Wildman–Crippen LogP) is 2.02. The SMILES string of the molecule is CC(CN)C1CCc2c(O)cccc21. The zero-order chi connectivity index (χ0) is 10.1. The normalized spacial score (nSPS) is 22.0. The summed E-state index contributed by atoms with van der Waals surface area (Å²) in [5, 5.41) is 9.67. The van der Waals surface area contributed by atoms with Crippen molar-refractivity contribution in [3.8, 4) is 5.75 Å². The van der Waals surface area contributed by atoms with Crippen molar-refractivity contribution in [3.63, 3.8) is 0 Å². The van der Waals surface area contributed by atoms with Crippen LogP contribution in [0.15, 0.2) is 18.2 Å². The zero-order valence-electron chi connectivity index (χ0n) is 8.53. The summed E-state index contributed by atoms with van der Waals surface area (Å²) in [7, 11) is 0. The Morgan fingerprint density at radius 3 is 3.07 bits per heavy atom. The predicted molar refractivity (Wildman–Crippen MR) is 57.4 cm³/mol. The van der Waals surface area contributed by atoms with Gasteiger partial charge in [-0.3, -0.25) is 0 Å². The molecule has 0 radical (unpaired) electrons. The first-order valence-electron chi connectivity index (χ1n) is 5.25. The number of phenolic OH excluding ortho intramolecular Hbond substituents is 1. The lowest BCUT2D eigenvalue weighted by Crippen LogP contribution is -2.17. The summed E-state index contributed by atoms with van der Waals surface area (Å²) < 4.78 is 0. The van der Waals surface area contributed by atoms with Crippen molar-refractivity contribution >= 4 is 0 Å². The summed E-state index contributed by atoms with van der Waals surface area (Å²) >= 11 is 0. The molecule has 14 heavy (non-hydrogen) atoms. The van der Waals surface area contributed by atoms with Gasteiger partial charge >= 0.3 is 0 Å². The molecule has 0 amide bonds. The molecule has 2 heteroatoms. The highest BCUT2D eigenvalue weighted by Crippen LogP contribution is 2.41. The summed E-state index contributed by atoms with van der Waals surface area (Å²) in [6, 6.07) is 5.82. The van der Waals surface area contributed by atoms with Crippen molar-refractivity contribution in [2.24, 2.45) is 11.7 Å². The van der Waals surface area contributed by atoms with Gasteiger partial charge in [0.25, 0.3) is 0 Å². The molecule has 0 spiro atoms. The van der Waals surface area contributed by atoms with E-state index in [4.69, 9.17) is 5.73 Å². The summed E-state index contributed by atoms with van der Waals surface area (Å²) in [5.41, 5.74) is 8.13. The van der Waals surface area contributed by atoms with E-state index in [1.165, 1.54) is 5.56 Å². The van der Waals surface area contributed by atoms with Gasteiger partial charge in [-0.1, -0.05) is 19.1 Å². The summed E-state index contributed by atoms with van der Waals surface area (Å²) in [6.45, 7) is 2.91. The molecule has 2 nitrogen and oxygen atoms in total. The second-order valence-corrected chi connectivity index (χ2v) is 4.20. The third-order valence-corrected chi connectivity index (χ3v) is 3.35. The van der Waals surface area contributed by atoms with Crippen molar-refractivity contribution < 1.29 is 5.11 Å². The average Bonchev–Trinajstić information content (AvgIpc) is 2.62. The van der Waals surface area contributed by atoms with E-state index < -0.39 is 0 Å². The Morgan fingerprint density at radius 1 is 1.57 bits per heavy atom. The average molecular weight is 191 g/mol. The molecule has 0 heterocycles. The van der Waals surface area contributed by atoms with Crippen LogP contribution >= 0.6 is 0 Å². The van der Waals surface area contributed by atoms with Crippen LogP contribution in [0.2, 0.25) is 0 Å². The van der Waals surface area contributed by atoms with Gasteiger partial charge < -0.3 is 10.8 Å². The molecule has 0 fully saturated rings. The van der Waals surface area contributed by atoms with Gasteiger partial charge in [-0.2, -0.15) is 0 Å². The molecule has 2 unspecified atom stereocenters. The maximum Gasteiger partial charge on any atom is 0.119 e. The fraction of sp³-hybridized carbons (Fsp3) is 0.500. The molecule has 2 atom stereocenters. The van der Waals surface area contributed by atoms with E-state index in [0.29, 0.717) is 17.6 Å². The summed E-state index contributed by atoms with van der Waals surface area (Å²) in [4.78, 5) is 0. The van der Waals surface area contributed by atoms with Crippen molar-refractivity contribution in [2.45, 2.75) is 25.7 Å². The Morgan fingerprint density at radius 2 is 2.36 bits per heavy atom. The second-order valence-electron chi connectivity index (χ2n) is 4.20. The van der Waals surface area contributed by atoms with Crippen LogP contribution in [0.5, 0.6) is 5.75 Å². The molecular weight excluding hydrogens is 174 g/mol. The number of fused-ring (bicyclic) bond motifs is 1. The van der Waals surface area contributed by atoms with Gasteiger partial charge in [-0.05, 0) is 48.4 Å². The van der Waals surface area contributed by atoms with Crippen molar-refractivity contribution in [3.05, 3.63) is 29.3 Å². The van der Waals surface area contributed by atoms with E-state index in [1.807, 2.05) is 6.07 Å². The second kappa shape index (κ2) is 3.62. The van der Waals surface area contributed by atoms with Crippen molar-refractivity contribution in [1.82, 2.24) is 0 Å². The minimum Gasteiger partial charge on any atom is -0.508 e. The molecular formula is C12H17NO. The molecule has 1 aromatic carbocycles. The maximum absolute atomic E-state index is 9.67. The molecule has 0 aliphatic heterocycles. The van der Waals surface area contributed by atoms with Crippen LogP contribution in [0.1, 0.15) is 30.4 Å². The standard InChI is InChI=1S/C12H17NO/c1-8(7-13)9-5-6-11-10(9)3-2-4-12(11)14/h2-4,8-9,14H,5-7,13H2,1H3. The van der Waals surface area contributed by atoms with Gasteiger partial charge in [0.05, 0.1) is 0 Å². The zero-order valence-corrected chi connectivity index (χ0v) is 8.53. The van der Waals surface area contributed by atoms with Crippen LogP contribution in [-0.2, 0) is 6.42 Å². The molecule has 1 aliphatic carbocycles. The lowest BCUT2D eigenvalue weighted by molar-refractivity contribution is 0.466. The van der Waals surface area contributed by atoms with Gasteiger partial charge in [0, 0.05) is 0 Å². The lowest BCUT2D eigenvalue weighted by Gasteiger charge is -2.18. The number of hydrogen-bond donors (Lipinski definition) is 2. The van der Waals surface area contributed by atoms with Crippen LogP contribution in [0.4, 0.5) is 0 Å². The first-order chi connectivity index (χ1) is 6.74. The van der Waals surface area contributed by atoms with Crippen LogP contribution < -0.4 is 5.73 Å². The Labute approximate surface area is 84.7 Å². The molecule has 1 aliphatic rings. The van der Waals surface area contributed by atoms with Crippen LogP contribution in [-0.4, -0.2) is 11.7 Å². The van der Waals surface area contributed by atoms with Gasteiger partial charge in [0.1, 0.15) is 5.75 Å². The fourth-order valence-electron chi connectivity index (χ4n) is 2.42. The largest absolute Gasteiger partial charge is 0.508 e. The highest BCUT2D eigenvalue weighted by molar-refractivity contribution is 5.44. The minimum absolute atomic E-state index is 0.453. The third-order valence-electron chi connectivity index (χ3n) is 3.35. The molecule has 0 saturated heterocycles.